The Morgan fingerprint density at radius 3 is 2.56 bits per heavy atom. The lowest BCUT2D eigenvalue weighted by atomic mass is 9.87. The van der Waals surface area contributed by atoms with Crippen molar-refractivity contribution < 1.29 is 9.18 Å². The minimum Gasteiger partial charge on any atom is -0.296 e. The molecule has 0 radical (unpaired) electrons. The Labute approximate surface area is 166 Å². The maximum atomic E-state index is 13.2. The Balaban J connectivity index is 1.59. The third-order valence-electron chi connectivity index (χ3n) is 3.89. The van der Waals surface area contributed by atoms with Crippen molar-refractivity contribution in [2.24, 2.45) is 0 Å². The number of carbonyl (C=O) groups excluding carboxylic acids is 1. The molecule has 3 aromatic rings. The van der Waals surface area contributed by atoms with Gasteiger partial charge in [0.15, 0.2) is 4.34 Å². The number of nitrogens with one attached hydrogen (secondary N) is 1. The van der Waals surface area contributed by atoms with Crippen LogP contribution in [0.25, 0.3) is 0 Å². The number of hydrogen-bond donors (Lipinski definition) is 1. The molecule has 140 valence electrons. The molecule has 0 aliphatic heterocycles. The Kier molecular flexibility index (Phi) is 5.92. The molecular formula is C20H20FN3OS2. The highest BCUT2D eigenvalue weighted by atomic mass is 32.2. The zero-order valence-electron chi connectivity index (χ0n) is 15.3. The SMILES string of the molecule is CC(C)(C)c1ccc(C(=O)Nc2nnc(SCc3cccc(F)c3)s2)cc1. The van der Waals surface area contributed by atoms with Crippen LogP contribution in [-0.2, 0) is 11.2 Å². The van der Waals surface area contributed by atoms with Gasteiger partial charge >= 0.3 is 0 Å². The van der Waals surface area contributed by atoms with Crippen LogP contribution in [0.15, 0.2) is 52.9 Å². The van der Waals surface area contributed by atoms with Crippen molar-refractivity contribution in [3.63, 3.8) is 0 Å². The number of thioether (sulfide) groups is 1. The maximum Gasteiger partial charge on any atom is 0.257 e. The fourth-order valence-electron chi connectivity index (χ4n) is 2.38. The van der Waals surface area contributed by atoms with Crippen LogP contribution in [0, 0.1) is 5.82 Å². The molecule has 0 bridgehead atoms. The van der Waals surface area contributed by atoms with Crippen molar-refractivity contribution in [1.29, 1.82) is 0 Å². The van der Waals surface area contributed by atoms with Gasteiger partial charge in [-0.15, -0.1) is 10.2 Å². The first kappa shape index (κ1) is 19.5. The van der Waals surface area contributed by atoms with E-state index in [0.717, 1.165) is 9.90 Å². The van der Waals surface area contributed by atoms with E-state index in [0.29, 0.717) is 16.4 Å². The van der Waals surface area contributed by atoms with Crippen molar-refractivity contribution in [2.75, 3.05) is 5.32 Å². The van der Waals surface area contributed by atoms with Crippen LogP contribution in [0.5, 0.6) is 0 Å². The molecule has 2 aromatic carbocycles. The van der Waals surface area contributed by atoms with Crippen LogP contribution in [0.4, 0.5) is 9.52 Å². The number of rotatable bonds is 5. The maximum absolute atomic E-state index is 13.2. The van der Waals surface area contributed by atoms with Crippen molar-refractivity contribution in [3.8, 4) is 0 Å². The average Bonchev–Trinajstić information content (AvgIpc) is 3.07. The molecule has 0 atom stereocenters. The van der Waals surface area contributed by atoms with E-state index in [1.165, 1.54) is 40.8 Å². The zero-order chi connectivity index (χ0) is 19.4. The largest absolute Gasteiger partial charge is 0.296 e. The number of hydrogen-bond acceptors (Lipinski definition) is 5. The van der Waals surface area contributed by atoms with Crippen molar-refractivity contribution in [2.45, 2.75) is 36.3 Å². The van der Waals surface area contributed by atoms with Crippen LogP contribution in [-0.4, -0.2) is 16.1 Å². The first-order valence-corrected chi connectivity index (χ1v) is 10.2. The topological polar surface area (TPSA) is 54.9 Å². The quantitative estimate of drug-likeness (QED) is 0.452. The van der Waals surface area contributed by atoms with Crippen molar-refractivity contribution in [1.82, 2.24) is 10.2 Å². The summed E-state index contributed by atoms with van der Waals surface area (Å²) in [6.45, 7) is 6.39. The summed E-state index contributed by atoms with van der Waals surface area (Å²) >= 11 is 2.76. The van der Waals surface area contributed by atoms with Gasteiger partial charge in [0.05, 0.1) is 0 Å². The molecule has 1 heterocycles. The van der Waals surface area contributed by atoms with Crippen LogP contribution in [0.2, 0.25) is 0 Å². The predicted molar refractivity (Wildman–Crippen MR) is 109 cm³/mol. The second kappa shape index (κ2) is 8.19. The normalized spacial score (nSPS) is 11.4. The lowest BCUT2D eigenvalue weighted by Gasteiger charge is -2.18. The van der Waals surface area contributed by atoms with E-state index in [1.54, 1.807) is 6.07 Å². The summed E-state index contributed by atoms with van der Waals surface area (Å²) in [5.41, 5.74) is 2.67. The number of nitrogens with zero attached hydrogens (tertiary/aromatic N) is 2. The molecule has 4 nitrogen and oxygen atoms in total. The zero-order valence-corrected chi connectivity index (χ0v) is 17.0. The van der Waals surface area contributed by atoms with Crippen LogP contribution in [0.1, 0.15) is 42.3 Å². The molecule has 0 aliphatic carbocycles. The second-order valence-electron chi connectivity index (χ2n) is 7.07. The molecule has 0 fully saturated rings. The van der Waals surface area contributed by atoms with Gasteiger partial charge in [0.25, 0.3) is 5.91 Å². The van der Waals surface area contributed by atoms with E-state index in [9.17, 15) is 9.18 Å². The summed E-state index contributed by atoms with van der Waals surface area (Å²) < 4.78 is 13.9. The first-order valence-electron chi connectivity index (χ1n) is 8.44. The number of aromatic nitrogens is 2. The second-order valence-corrected chi connectivity index (χ2v) is 9.27. The minimum absolute atomic E-state index is 0.0437. The minimum atomic E-state index is -0.254. The summed E-state index contributed by atoms with van der Waals surface area (Å²) in [7, 11) is 0. The number of anilines is 1. The van der Waals surface area contributed by atoms with Gasteiger partial charge in [0.2, 0.25) is 5.13 Å². The molecule has 1 amide bonds. The highest BCUT2D eigenvalue weighted by Gasteiger charge is 2.15. The first-order chi connectivity index (χ1) is 12.8. The van der Waals surface area contributed by atoms with Gasteiger partial charge < -0.3 is 0 Å². The van der Waals surface area contributed by atoms with E-state index in [2.05, 4.69) is 36.3 Å². The molecule has 0 aliphatic rings. The van der Waals surface area contributed by atoms with Gasteiger partial charge in [-0.2, -0.15) is 0 Å². The Morgan fingerprint density at radius 2 is 1.89 bits per heavy atom. The Hall–Kier alpha value is -2.25. The molecular weight excluding hydrogens is 381 g/mol. The molecule has 7 heteroatoms. The summed E-state index contributed by atoms with van der Waals surface area (Å²) in [5, 5.41) is 11.3. The molecule has 0 spiro atoms. The van der Waals surface area contributed by atoms with E-state index < -0.39 is 0 Å². The van der Waals surface area contributed by atoms with Crippen LogP contribution in [0.3, 0.4) is 0 Å². The van der Waals surface area contributed by atoms with Gasteiger partial charge in [-0.3, -0.25) is 10.1 Å². The Morgan fingerprint density at radius 1 is 1.15 bits per heavy atom. The number of amides is 1. The van der Waals surface area contributed by atoms with E-state index in [4.69, 9.17) is 0 Å². The van der Waals surface area contributed by atoms with Crippen LogP contribution >= 0.6 is 23.1 Å². The third kappa shape index (κ3) is 5.37. The van der Waals surface area contributed by atoms with Gasteiger partial charge in [-0.05, 0) is 40.8 Å². The van der Waals surface area contributed by atoms with Gasteiger partial charge in [0, 0.05) is 11.3 Å². The predicted octanol–water partition coefficient (Wildman–Crippen LogP) is 5.52. The summed E-state index contributed by atoms with van der Waals surface area (Å²) in [5.74, 6) is 0.123. The number of benzene rings is 2. The average molecular weight is 402 g/mol. The van der Waals surface area contributed by atoms with Crippen molar-refractivity contribution >= 4 is 34.1 Å². The fraction of sp³-hybridized carbons (Fsp3) is 0.250. The Bertz CT molecular complexity index is 933. The smallest absolute Gasteiger partial charge is 0.257 e. The summed E-state index contributed by atoms with van der Waals surface area (Å²) in [6.07, 6.45) is 0. The van der Waals surface area contributed by atoms with E-state index >= 15 is 0 Å². The monoisotopic (exact) mass is 401 g/mol. The third-order valence-corrected chi connectivity index (χ3v) is 5.93. The van der Waals surface area contributed by atoms with Gasteiger partial charge in [0.1, 0.15) is 5.82 Å². The molecule has 1 N–H and O–H groups in total. The molecule has 0 unspecified atom stereocenters. The van der Waals surface area contributed by atoms with Gasteiger partial charge in [-0.25, -0.2) is 4.39 Å². The van der Waals surface area contributed by atoms with Gasteiger partial charge in [-0.1, -0.05) is 68.1 Å². The molecule has 27 heavy (non-hydrogen) atoms. The fourth-order valence-corrected chi connectivity index (χ4v) is 4.07. The van der Waals surface area contributed by atoms with Crippen LogP contribution < -0.4 is 5.32 Å². The molecule has 0 saturated carbocycles. The summed E-state index contributed by atoms with van der Waals surface area (Å²) in [4.78, 5) is 12.4. The lowest BCUT2D eigenvalue weighted by Crippen LogP contribution is -2.14. The van der Waals surface area contributed by atoms with E-state index in [1.807, 2.05) is 30.3 Å². The summed E-state index contributed by atoms with van der Waals surface area (Å²) in [6, 6.07) is 14.0. The molecule has 0 saturated heterocycles. The number of halogens is 1. The molecule has 1 aromatic heterocycles. The highest BCUT2D eigenvalue weighted by Crippen LogP contribution is 2.29. The molecule has 3 rings (SSSR count). The number of carbonyl (C=O) groups is 1. The lowest BCUT2D eigenvalue weighted by molar-refractivity contribution is 0.102. The van der Waals surface area contributed by atoms with E-state index in [-0.39, 0.29) is 17.1 Å². The standard InChI is InChI=1S/C20H20FN3OS2/c1-20(2,3)15-9-7-14(8-10-15)17(25)22-18-23-24-19(27-18)26-12-13-5-4-6-16(21)11-13/h4-11H,12H2,1-3H3,(H,22,23,25). The van der Waals surface area contributed by atoms with Crippen molar-refractivity contribution in [3.05, 3.63) is 71.0 Å². The highest BCUT2D eigenvalue weighted by molar-refractivity contribution is 8.00.